The van der Waals surface area contributed by atoms with E-state index in [2.05, 4.69) is 15.5 Å². The van der Waals surface area contributed by atoms with Gasteiger partial charge in [0.15, 0.2) is 16.7 Å². The van der Waals surface area contributed by atoms with Gasteiger partial charge in [-0.2, -0.15) is 0 Å². The SMILES string of the molecule is Clc1ccc(NCCc2ccc3c(c2)OCCO3)nn1. The minimum Gasteiger partial charge on any atom is -0.486 e. The monoisotopic (exact) mass is 291 g/mol. The molecule has 6 heteroatoms. The largest absolute Gasteiger partial charge is 0.486 e. The van der Waals surface area contributed by atoms with Gasteiger partial charge in [-0.05, 0) is 36.2 Å². The van der Waals surface area contributed by atoms with Crippen LogP contribution in [0.25, 0.3) is 0 Å². The van der Waals surface area contributed by atoms with E-state index in [9.17, 15) is 0 Å². The van der Waals surface area contributed by atoms with E-state index in [1.165, 1.54) is 5.56 Å². The van der Waals surface area contributed by atoms with Crippen molar-refractivity contribution >= 4 is 17.4 Å². The number of fused-ring (bicyclic) bond motifs is 1. The molecule has 0 fully saturated rings. The van der Waals surface area contributed by atoms with Crippen LogP contribution in [0.4, 0.5) is 5.82 Å². The summed E-state index contributed by atoms with van der Waals surface area (Å²) in [5.41, 5.74) is 1.18. The van der Waals surface area contributed by atoms with Crippen LogP contribution in [-0.2, 0) is 6.42 Å². The third kappa shape index (κ3) is 3.11. The fraction of sp³-hybridized carbons (Fsp3) is 0.286. The van der Waals surface area contributed by atoms with Crippen LogP contribution in [0.15, 0.2) is 30.3 Å². The number of halogens is 1. The lowest BCUT2D eigenvalue weighted by Crippen LogP contribution is -2.15. The predicted octanol–water partition coefficient (Wildman–Crippen LogP) is 2.56. The highest BCUT2D eigenvalue weighted by molar-refractivity contribution is 6.29. The average Bonchev–Trinajstić information content (AvgIpc) is 2.49. The van der Waals surface area contributed by atoms with E-state index in [4.69, 9.17) is 21.1 Å². The average molecular weight is 292 g/mol. The highest BCUT2D eigenvalue weighted by Crippen LogP contribution is 2.30. The van der Waals surface area contributed by atoms with Crippen molar-refractivity contribution in [2.24, 2.45) is 0 Å². The number of anilines is 1. The summed E-state index contributed by atoms with van der Waals surface area (Å²) < 4.78 is 11.1. The topological polar surface area (TPSA) is 56.3 Å². The van der Waals surface area contributed by atoms with Gasteiger partial charge in [-0.15, -0.1) is 10.2 Å². The quantitative estimate of drug-likeness (QED) is 0.938. The van der Waals surface area contributed by atoms with Gasteiger partial charge >= 0.3 is 0 Å². The van der Waals surface area contributed by atoms with Crippen molar-refractivity contribution in [1.82, 2.24) is 10.2 Å². The number of nitrogens with zero attached hydrogens (tertiary/aromatic N) is 2. The fourth-order valence-corrected chi connectivity index (χ4v) is 2.09. The van der Waals surface area contributed by atoms with Gasteiger partial charge in [-0.3, -0.25) is 0 Å². The standard InChI is InChI=1S/C14H14ClN3O2/c15-13-3-4-14(18-17-13)16-6-5-10-1-2-11-12(9-10)20-8-7-19-11/h1-4,9H,5-8H2,(H,16,18). The zero-order valence-electron chi connectivity index (χ0n) is 10.8. The van der Waals surface area contributed by atoms with Gasteiger partial charge in [-0.1, -0.05) is 17.7 Å². The first-order chi connectivity index (χ1) is 9.81. The van der Waals surface area contributed by atoms with Crippen LogP contribution < -0.4 is 14.8 Å². The fourth-order valence-electron chi connectivity index (χ4n) is 1.99. The van der Waals surface area contributed by atoms with Gasteiger partial charge in [0.1, 0.15) is 19.0 Å². The van der Waals surface area contributed by atoms with E-state index in [0.717, 1.165) is 24.5 Å². The lowest BCUT2D eigenvalue weighted by Gasteiger charge is -2.18. The maximum atomic E-state index is 5.68. The van der Waals surface area contributed by atoms with Crippen molar-refractivity contribution in [3.8, 4) is 11.5 Å². The molecule has 0 saturated heterocycles. The van der Waals surface area contributed by atoms with Crippen LogP contribution >= 0.6 is 11.6 Å². The Balaban J connectivity index is 1.57. The van der Waals surface area contributed by atoms with Crippen molar-refractivity contribution in [1.29, 1.82) is 0 Å². The highest BCUT2D eigenvalue weighted by atomic mass is 35.5. The maximum absolute atomic E-state index is 5.68. The number of hydrogen-bond donors (Lipinski definition) is 1. The van der Waals surface area contributed by atoms with Gasteiger partial charge in [0.2, 0.25) is 0 Å². The normalized spacial score (nSPS) is 13.1. The maximum Gasteiger partial charge on any atom is 0.161 e. The van der Waals surface area contributed by atoms with Gasteiger partial charge in [0.25, 0.3) is 0 Å². The molecule has 1 aliphatic rings. The summed E-state index contributed by atoms with van der Waals surface area (Å²) in [6.45, 7) is 1.98. The molecule has 0 unspecified atom stereocenters. The Hall–Kier alpha value is -2.01. The molecular formula is C14H14ClN3O2. The number of aromatic nitrogens is 2. The van der Waals surface area contributed by atoms with Gasteiger partial charge in [0.05, 0.1) is 0 Å². The van der Waals surface area contributed by atoms with Crippen molar-refractivity contribution in [3.63, 3.8) is 0 Å². The lowest BCUT2D eigenvalue weighted by molar-refractivity contribution is 0.171. The van der Waals surface area contributed by atoms with Crippen LogP contribution in [0.5, 0.6) is 11.5 Å². The minimum absolute atomic E-state index is 0.391. The Morgan fingerprint density at radius 2 is 1.90 bits per heavy atom. The molecule has 0 spiro atoms. The lowest BCUT2D eigenvalue weighted by atomic mass is 10.1. The first-order valence-electron chi connectivity index (χ1n) is 6.43. The second-order valence-electron chi connectivity index (χ2n) is 4.40. The van der Waals surface area contributed by atoms with E-state index in [-0.39, 0.29) is 0 Å². The summed E-state index contributed by atoms with van der Waals surface area (Å²) in [5.74, 6) is 2.35. The van der Waals surface area contributed by atoms with E-state index in [1.807, 2.05) is 18.2 Å². The molecule has 20 heavy (non-hydrogen) atoms. The Morgan fingerprint density at radius 3 is 2.70 bits per heavy atom. The Labute approximate surface area is 121 Å². The molecule has 5 nitrogen and oxygen atoms in total. The zero-order chi connectivity index (χ0) is 13.8. The Kier molecular flexibility index (Phi) is 3.87. The Morgan fingerprint density at radius 1 is 1.05 bits per heavy atom. The molecule has 2 heterocycles. The van der Waals surface area contributed by atoms with Crippen LogP contribution in [0, 0.1) is 0 Å². The summed E-state index contributed by atoms with van der Waals surface area (Å²) in [5, 5.41) is 11.3. The summed E-state index contributed by atoms with van der Waals surface area (Å²) in [4.78, 5) is 0. The molecule has 0 atom stereocenters. The third-order valence-electron chi connectivity index (χ3n) is 2.96. The summed E-state index contributed by atoms with van der Waals surface area (Å²) in [7, 11) is 0. The zero-order valence-corrected chi connectivity index (χ0v) is 11.6. The molecule has 1 aromatic heterocycles. The van der Waals surface area contributed by atoms with Crippen LogP contribution in [0.1, 0.15) is 5.56 Å². The summed E-state index contributed by atoms with van der Waals surface area (Å²) in [6.07, 6.45) is 0.862. The molecular weight excluding hydrogens is 278 g/mol. The molecule has 3 rings (SSSR count). The molecule has 0 amide bonds. The molecule has 104 valence electrons. The molecule has 0 saturated carbocycles. The smallest absolute Gasteiger partial charge is 0.161 e. The van der Waals surface area contributed by atoms with Crippen molar-refractivity contribution < 1.29 is 9.47 Å². The highest BCUT2D eigenvalue weighted by Gasteiger charge is 2.11. The molecule has 2 aromatic rings. The van der Waals surface area contributed by atoms with Gasteiger partial charge < -0.3 is 14.8 Å². The number of benzene rings is 1. The van der Waals surface area contributed by atoms with E-state index in [1.54, 1.807) is 12.1 Å². The summed E-state index contributed by atoms with van der Waals surface area (Å²) >= 11 is 5.68. The van der Waals surface area contributed by atoms with E-state index in [0.29, 0.717) is 24.2 Å². The molecule has 1 aromatic carbocycles. The number of nitrogens with one attached hydrogen (secondary N) is 1. The molecule has 0 radical (unpaired) electrons. The Bertz CT molecular complexity index is 589. The molecule has 0 aliphatic carbocycles. The first kappa shape index (κ1) is 13.0. The molecule has 1 N–H and O–H groups in total. The van der Waals surface area contributed by atoms with Crippen LogP contribution in [0.2, 0.25) is 5.15 Å². The van der Waals surface area contributed by atoms with E-state index < -0.39 is 0 Å². The minimum atomic E-state index is 0.391. The molecule has 0 bridgehead atoms. The number of hydrogen-bond acceptors (Lipinski definition) is 5. The van der Waals surface area contributed by atoms with Crippen molar-refractivity contribution in [2.75, 3.05) is 25.1 Å². The van der Waals surface area contributed by atoms with Gasteiger partial charge in [0, 0.05) is 6.54 Å². The first-order valence-corrected chi connectivity index (χ1v) is 6.81. The van der Waals surface area contributed by atoms with Gasteiger partial charge in [-0.25, -0.2) is 0 Å². The number of rotatable bonds is 4. The molecule has 1 aliphatic heterocycles. The second kappa shape index (κ2) is 5.96. The van der Waals surface area contributed by atoms with Crippen LogP contribution in [-0.4, -0.2) is 30.0 Å². The van der Waals surface area contributed by atoms with Crippen molar-refractivity contribution in [2.45, 2.75) is 6.42 Å². The third-order valence-corrected chi connectivity index (χ3v) is 3.16. The number of ether oxygens (including phenoxy) is 2. The van der Waals surface area contributed by atoms with E-state index >= 15 is 0 Å². The predicted molar refractivity (Wildman–Crippen MR) is 76.7 cm³/mol. The van der Waals surface area contributed by atoms with Crippen LogP contribution in [0.3, 0.4) is 0 Å². The van der Waals surface area contributed by atoms with Crippen molar-refractivity contribution in [3.05, 3.63) is 41.0 Å². The second-order valence-corrected chi connectivity index (χ2v) is 4.78. The summed E-state index contributed by atoms with van der Waals surface area (Å²) in [6, 6.07) is 9.53.